The molecule has 0 atom stereocenters. The summed E-state index contributed by atoms with van der Waals surface area (Å²) in [7, 11) is 0. The smallest absolute Gasteiger partial charge is 0.256 e. The van der Waals surface area contributed by atoms with Gasteiger partial charge in [0.05, 0.1) is 6.42 Å². The van der Waals surface area contributed by atoms with E-state index in [1.807, 2.05) is 123 Å². The number of nitrogens with one attached hydrogen (secondary N) is 2. The maximum Gasteiger partial charge on any atom is 0.256 e. The lowest BCUT2D eigenvalue weighted by atomic mass is 10.1. The number of amides is 2. The lowest BCUT2D eigenvalue weighted by Gasteiger charge is -2.06. The van der Waals surface area contributed by atoms with Gasteiger partial charge in [-0.05, 0) is 38.1 Å². The molecule has 6 nitrogen and oxygen atoms in total. The van der Waals surface area contributed by atoms with Gasteiger partial charge in [0, 0.05) is 22.3 Å². The second-order valence-electron chi connectivity index (χ2n) is 10.1. The summed E-state index contributed by atoms with van der Waals surface area (Å²) in [6, 6.07) is 34.6. The van der Waals surface area contributed by atoms with Crippen LogP contribution in [0.5, 0.6) is 0 Å². The summed E-state index contributed by atoms with van der Waals surface area (Å²) < 4.78 is 0. The van der Waals surface area contributed by atoms with Crippen LogP contribution in [0.3, 0.4) is 0 Å². The van der Waals surface area contributed by atoms with Gasteiger partial charge in [-0.1, -0.05) is 96.1 Å². The molecule has 0 aliphatic carbocycles. The molecule has 8 heteroatoms. The van der Waals surface area contributed by atoms with Crippen LogP contribution in [-0.4, -0.2) is 21.8 Å². The second-order valence-corrected chi connectivity index (χ2v) is 12.3. The van der Waals surface area contributed by atoms with Gasteiger partial charge in [-0.2, -0.15) is 0 Å². The van der Waals surface area contributed by atoms with Crippen molar-refractivity contribution in [3.8, 4) is 22.5 Å². The molecule has 2 heterocycles. The Morgan fingerprint density at radius 1 is 0.558 bits per heavy atom. The van der Waals surface area contributed by atoms with Gasteiger partial charge in [-0.3, -0.25) is 9.59 Å². The molecule has 43 heavy (non-hydrogen) atoms. The summed E-state index contributed by atoms with van der Waals surface area (Å²) in [5.74, 6) is -0.372. The van der Waals surface area contributed by atoms with Gasteiger partial charge in [0.1, 0.15) is 31.4 Å². The minimum absolute atomic E-state index is 0.186. The van der Waals surface area contributed by atoms with Gasteiger partial charge < -0.3 is 10.6 Å². The monoisotopic (exact) mass is 600 g/mol. The SMILES string of the molecule is Cc1ccc(C(=O)Nc2sc(Cc3nc(-c4ccccc4)c(NC(=O)c4ccc(C)cc4)s3)nc2-c2ccccc2)cc1. The highest BCUT2D eigenvalue weighted by Crippen LogP contribution is 2.38. The average molecular weight is 601 g/mol. The highest BCUT2D eigenvalue weighted by Gasteiger charge is 2.20. The molecule has 0 unspecified atom stereocenters. The Hall–Kier alpha value is -4.92. The Bertz CT molecular complexity index is 1740. The first kappa shape index (κ1) is 28.2. The highest BCUT2D eigenvalue weighted by atomic mass is 32.1. The Kier molecular flexibility index (Phi) is 8.22. The summed E-state index contributed by atoms with van der Waals surface area (Å²) in [6.07, 6.45) is 0.454. The summed E-state index contributed by atoms with van der Waals surface area (Å²) in [6.45, 7) is 3.98. The number of hydrogen-bond acceptors (Lipinski definition) is 6. The minimum atomic E-state index is -0.186. The highest BCUT2D eigenvalue weighted by molar-refractivity contribution is 7.18. The molecule has 0 bridgehead atoms. The van der Waals surface area contributed by atoms with Crippen molar-refractivity contribution in [2.24, 2.45) is 0 Å². The van der Waals surface area contributed by atoms with Gasteiger partial charge in [-0.25, -0.2) is 9.97 Å². The van der Waals surface area contributed by atoms with Crippen molar-refractivity contribution in [1.29, 1.82) is 0 Å². The van der Waals surface area contributed by atoms with Crippen molar-refractivity contribution < 1.29 is 9.59 Å². The van der Waals surface area contributed by atoms with Crippen molar-refractivity contribution >= 4 is 44.5 Å². The number of rotatable bonds is 8. The van der Waals surface area contributed by atoms with Crippen molar-refractivity contribution in [2.45, 2.75) is 20.3 Å². The zero-order valence-corrected chi connectivity index (χ0v) is 25.3. The van der Waals surface area contributed by atoms with E-state index in [1.54, 1.807) is 0 Å². The van der Waals surface area contributed by atoms with Crippen LogP contribution in [0.2, 0.25) is 0 Å². The fourth-order valence-electron chi connectivity index (χ4n) is 4.52. The Labute approximate surface area is 258 Å². The zero-order chi connectivity index (χ0) is 29.8. The summed E-state index contributed by atoms with van der Waals surface area (Å²) in [5, 5.41) is 9.15. The van der Waals surface area contributed by atoms with E-state index in [2.05, 4.69) is 10.6 Å². The maximum atomic E-state index is 13.1. The van der Waals surface area contributed by atoms with E-state index >= 15 is 0 Å². The van der Waals surface area contributed by atoms with E-state index < -0.39 is 0 Å². The maximum absolute atomic E-state index is 13.1. The van der Waals surface area contributed by atoms with Gasteiger partial charge in [0.15, 0.2) is 0 Å². The third-order valence-corrected chi connectivity index (χ3v) is 8.76. The quantitative estimate of drug-likeness (QED) is 0.183. The molecule has 0 spiro atoms. The molecular formula is C35H28N4O2S2. The minimum Gasteiger partial charge on any atom is -0.312 e. The molecule has 0 aliphatic heterocycles. The van der Waals surface area contributed by atoms with E-state index in [1.165, 1.54) is 22.7 Å². The lowest BCUT2D eigenvalue weighted by Crippen LogP contribution is -2.11. The van der Waals surface area contributed by atoms with E-state index in [4.69, 9.17) is 9.97 Å². The number of aryl methyl sites for hydroxylation is 2. The number of aromatic nitrogens is 2. The Morgan fingerprint density at radius 3 is 1.30 bits per heavy atom. The number of nitrogens with zero attached hydrogens (tertiary/aromatic N) is 2. The molecule has 0 radical (unpaired) electrons. The molecule has 2 amide bonds. The Balaban J connectivity index is 1.32. The topological polar surface area (TPSA) is 84.0 Å². The molecule has 4 aromatic carbocycles. The van der Waals surface area contributed by atoms with Gasteiger partial charge >= 0.3 is 0 Å². The average Bonchev–Trinajstić information content (AvgIpc) is 3.61. The fraction of sp³-hybridized carbons (Fsp3) is 0.0857. The summed E-state index contributed by atoms with van der Waals surface area (Å²) in [5.41, 5.74) is 6.62. The summed E-state index contributed by atoms with van der Waals surface area (Å²) in [4.78, 5) is 36.2. The first-order valence-corrected chi connectivity index (χ1v) is 15.4. The van der Waals surface area contributed by atoms with Crippen LogP contribution in [0.15, 0.2) is 109 Å². The van der Waals surface area contributed by atoms with Crippen LogP contribution in [0, 0.1) is 13.8 Å². The number of benzene rings is 4. The van der Waals surface area contributed by atoms with Crippen LogP contribution in [0.1, 0.15) is 41.9 Å². The number of hydrogen-bond donors (Lipinski definition) is 2. The van der Waals surface area contributed by atoms with Crippen LogP contribution in [0.25, 0.3) is 22.5 Å². The number of carbonyl (C=O) groups excluding carboxylic acids is 2. The molecule has 212 valence electrons. The standard InChI is InChI=1S/C35H28N4O2S2/c1-22-13-17-26(18-14-22)32(40)38-34-30(24-9-5-3-6-10-24)36-28(42-34)21-29-37-31(25-11-7-4-8-12-25)35(43-29)39-33(41)27-19-15-23(2)16-20-27/h3-20H,21H2,1-2H3,(H,38,40)(H,39,41). The fourth-order valence-corrected chi connectivity index (χ4v) is 6.58. The lowest BCUT2D eigenvalue weighted by molar-refractivity contribution is 0.101. The molecule has 6 aromatic rings. The van der Waals surface area contributed by atoms with Crippen molar-refractivity contribution in [2.75, 3.05) is 10.6 Å². The molecule has 6 rings (SSSR count). The predicted molar refractivity (Wildman–Crippen MR) is 176 cm³/mol. The number of anilines is 2. The van der Waals surface area contributed by atoms with E-state index in [0.29, 0.717) is 38.9 Å². The molecule has 2 aromatic heterocycles. The van der Waals surface area contributed by atoms with Crippen molar-refractivity contribution in [3.05, 3.63) is 141 Å². The molecule has 0 aliphatic rings. The van der Waals surface area contributed by atoms with Crippen molar-refractivity contribution in [1.82, 2.24) is 9.97 Å². The molecule has 0 fully saturated rings. The van der Waals surface area contributed by atoms with Gasteiger partial charge in [0.2, 0.25) is 0 Å². The van der Waals surface area contributed by atoms with E-state index in [9.17, 15) is 9.59 Å². The van der Waals surface area contributed by atoms with Crippen LogP contribution < -0.4 is 10.6 Å². The van der Waals surface area contributed by atoms with E-state index in [0.717, 1.165) is 32.3 Å². The van der Waals surface area contributed by atoms with E-state index in [-0.39, 0.29) is 11.8 Å². The largest absolute Gasteiger partial charge is 0.312 e. The Morgan fingerprint density at radius 2 is 0.930 bits per heavy atom. The van der Waals surface area contributed by atoms with Gasteiger partial charge in [-0.15, -0.1) is 22.7 Å². The second kappa shape index (κ2) is 12.5. The van der Waals surface area contributed by atoms with Crippen LogP contribution >= 0.6 is 22.7 Å². The van der Waals surface area contributed by atoms with Gasteiger partial charge in [0.25, 0.3) is 11.8 Å². The molecular weight excluding hydrogens is 573 g/mol. The normalized spacial score (nSPS) is 10.8. The first-order chi connectivity index (χ1) is 20.9. The number of thiazole rings is 2. The predicted octanol–water partition coefficient (Wildman–Crippen LogP) is 8.65. The van der Waals surface area contributed by atoms with Crippen molar-refractivity contribution in [3.63, 3.8) is 0 Å². The molecule has 0 saturated heterocycles. The first-order valence-electron chi connectivity index (χ1n) is 13.8. The molecule has 0 saturated carbocycles. The molecule has 2 N–H and O–H groups in total. The van der Waals surface area contributed by atoms with Crippen LogP contribution in [-0.2, 0) is 6.42 Å². The third-order valence-electron chi connectivity index (χ3n) is 6.82. The number of carbonyl (C=O) groups is 2. The van der Waals surface area contributed by atoms with Crippen LogP contribution in [0.4, 0.5) is 10.0 Å². The zero-order valence-electron chi connectivity index (χ0n) is 23.6. The third kappa shape index (κ3) is 6.61. The summed E-state index contributed by atoms with van der Waals surface area (Å²) >= 11 is 2.87.